The Hall–Kier alpha value is 0.270. The minimum absolute atomic E-state index is 0.378. The molecule has 0 aliphatic rings. The molecule has 0 amide bonds. The van der Waals surface area contributed by atoms with E-state index in [4.69, 9.17) is 5.11 Å². The molecule has 0 saturated heterocycles. The van der Waals surface area contributed by atoms with E-state index >= 15 is 0 Å². The fraction of sp³-hybridized carbons (Fsp3) is 1.00. The molecule has 0 saturated carbocycles. The molecule has 0 radical (unpaired) electrons. The first kappa shape index (κ1) is 11.3. The largest absolute Gasteiger partial charge is 0.393 e. The lowest BCUT2D eigenvalue weighted by Gasteiger charge is -2.28. The third-order valence-electron chi connectivity index (χ3n) is 2.00. The van der Waals surface area contributed by atoms with Gasteiger partial charge in [0.1, 0.15) is 0 Å². The van der Waals surface area contributed by atoms with Crippen molar-refractivity contribution >= 4 is 12.6 Å². The summed E-state index contributed by atoms with van der Waals surface area (Å²) in [5, 5.41) is 18.5. The van der Waals surface area contributed by atoms with E-state index in [1.165, 1.54) is 0 Å². The molecule has 0 aromatic carbocycles. The first-order chi connectivity index (χ1) is 4.90. The molecule has 0 aromatic heterocycles. The maximum Gasteiger partial charge on any atom is 0.0706 e. The van der Waals surface area contributed by atoms with Gasteiger partial charge in [-0.2, -0.15) is 12.6 Å². The lowest BCUT2D eigenvalue weighted by atomic mass is 9.96. The second-order valence-corrected chi connectivity index (χ2v) is 4.33. The number of aliphatic hydroxyl groups is 2. The number of hydrogen-bond donors (Lipinski definition) is 3. The zero-order chi connectivity index (χ0) is 9.07. The minimum Gasteiger partial charge on any atom is -0.393 e. The summed E-state index contributed by atoms with van der Waals surface area (Å²) >= 11 is 4.30. The fourth-order valence-corrected chi connectivity index (χ4v) is 0.918. The van der Waals surface area contributed by atoms with Gasteiger partial charge in [0.25, 0.3) is 0 Å². The highest BCUT2D eigenvalue weighted by Gasteiger charge is 2.27. The molecule has 0 rings (SSSR count). The summed E-state index contributed by atoms with van der Waals surface area (Å²) in [5.41, 5.74) is 0. The van der Waals surface area contributed by atoms with E-state index in [1.807, 2.05) is 13.8 Å². The Morgan fingerprint density at radius 2 is 1.91 bits per heavy atom. The van der Waals surface area contributed by atoms with Gasteiger partial charge >= 0.3 is 0 Å². The number of rotatable bonds is 4. The van der Waals surface area contributed by atoms with Crippen LogP contribution in [0.25, 0.3) is 0 Å². The molecule has 0 aromatic rings. The summed E-state index contributed by atoms with van der Waals surface area (Å²) in [5.74, 6) is 0. The highest BCUT2D eigenvalue weighted by atomic mass is 32.1. The van der Waals surface area contributed by atoms with E-state index in [-0.39, 0.29) is 4.75 Å². The summed E-state index contributed by atoms with van der Waals surface area (Å²) in [6.45, 7) is 5.52. The average Bonchev–Trinajstić information content (AvgIpc) is 1.86. The molecular formula is C8H18O2S. The van der Waals surface area contributed by atoms with Gasteiger partial charge in [0, 0.05) is 11.2 Å². The van der Waals surface area contributed by atoms with Gasteiger partial charge in [-0.15, -0.1) is 0 Å². The number of aliphatic hydroxyl groups excluding tert-OH is 2. The van der Waals surface area contributed by atoms with Crippen LogP contribution in [0.15, 0.2) is 0 Å². The molecule has 2 nitrogen and oxygen atoms in total. The van der Waals surface area contributed by atoms with Gasteiger partial charge in [0.2, 0.25) is 0 Å². The molecule has 3 unspecified atom stereocenters. The first-order valence-corrected chi connectivity index (χ1v) is 4.43. The maximum absolute atomic E-state index is 9.51. The molecule has 0 spiro atoms. The lowest BCUT2D eigenvalue weighted by Crippen LogP contribution is -2.35. The molecule has 0 bridgehead atoms. The van der Waals surface area contributed by atoms with E-state index in [0.29, 0.717) is 6.42 Å². The van der Waals surface area contributed by atoms with Crippen molar-refractivity contribution in [3.63, 3.8) is 0 Å². The van der Waals surface area contributed by atoms with Crippen molar-refractivity contribution in [3.8, 4) is 0 Å². The van der Waals surface area contributed by atoms with Crippen LogP contribution in [-0.4, -0.2) is 27.2 Å². The normalized spacial score (nSPS) is 22.4. The summed E-state index contributed by atoms with van der Waals surface area (Å²) in [6, 6.07) is 0. The van der Waals surface area contributed by atoms with Crippen molar-refractivity contribution in [1.82, 2.24) is 0 Å². The average molecular weight is 178 g/mol. The summed E-state index contributed by atoms with van der Waals surface area (Å²) in [7, 11) is 0. The topological polar surface area (TPSA) is 40.5 Å². The van der Waals surface area contributed by atoms with E-state index in [1.54, 1.807) is 6.92 Å². The standard InChI is InChI=1S/C8H18O2S/c1-4-8(3,11)7(10)5-6(2)9/h6-7,9-11H,4-5H2,1-3H3. The number of hydrogen-bond acceptors (Lipinski definition) is 3. The Morgan fingerprint density at radius 1 is 1.45 bits per heavy atom. The maximum atomic E-state index is 9.51. The van der Waals surface area contributed by atoms with Crippen LogP contribution < -0.4 is 0 Å². The molecule has 0 fully saturated rings. The monoisotopic (exact) mass is 178 g/mol. The summed E-state index contributed by atoms with van der Waals surface area (Å²) < 4.78 is -0.378. The predicted molar refractivity (Wildman–Crippen MR) is 50.0 cm³/mol. The fourth-order valence-electron chi connectivity index (χ4n) is 0.813. The van der Waals surface area contributed by atoms with Gasteiger partial charge in [0.15, 0.2) is 0 Å². The highest BCUT2D eigenvalue weighted by molar-refractivity contribution is 7.81. The Bertz CT molecular complexity index is 113. The Morgan fingerprint density at radius 3 is 2.18 bits per heavy atom. The molecule has 3 heteroatoms. The van der Waals surface area contributed by atoms with Crippen molar-refractivity contribution in [1.29, 1.82) is 0 Å². The van der Waals surface area contributed by atoms with E-state index in [9.17, 15) is 5.11 Å². The van der Waals surface area contributed by atoms with Gasteiger partial charge in [-0.05, 0) is 20.3 Å². The molecule has 0 heterocycles. The molecule has 0 aliphatic heterocycles. The predicted octanol–water partition coefficient (Wildman–Crippen LogP) is 1.22. The molecule has 0 aliphatic carbocycles. The van der Waals surface area contributed by atoms with Crippen LogP contribution in [0.5, 0.6) is 0 Å². The lowest BCUT2D eigenvalue weighted by molar-refractivity contribution is 0.0672. The van der Waals surface area contributed by atoms with Crippen LogP contribution in [0.2, 0.25) is 0 Å². The van der Waals surface area contributed by atoms with Crippen molar-refractivity contribution in [2.45, 2.75) is 50.6 Å². The molecule has 2 N–H and O–H groups in total. The smallest absolute Gasteiger partial charge is 0.0706 e. The zero-order valence-corrected chi connectivity index (χ0v) is 8.30. The second kappa shape index (κ2) is 4.33. The van der Waals surface area contributed by atoms with E-state index in [2.05, 4.69) is 12.6 Å². The summed E-state index contributed by atoms with van der Waals surface area (Å²) in [6.07, 6.45) is 0.205. The van der Waals surface area contributed by atoms with Crippen LogP contribution in [0.4, 0.5) is 0 Å². The molecular weight excluding hydrogens is 160 g/mol. The van der Waals surface area contributed by atoms with Crippen LogP contribution in [0.1, 0.15) is 33.6 Å². The van der Waals surface area contributed by atoms with Gasteiger partial charge in [-0.3, -0.25) is 0 Å². The van der Waals surface area contributed by atoms with Crippen molar-refractivity contribution in [2.75, 3.05) is 0 Å². The van der Waals surface area contributed by atoms with Gasteiger partial charge < -0.3 is 10.2 Å². The molecule has 68 valence electrons. The summed E-state index contributed by atoms with van der Waals surface area (Å²) in [4.78, 5) is 0. The Balaban J connectivity index is 3.90. The first-order valence-electron chi connectivity index (χ1n) is 3.98. The van der Waals surface area contributed by atoms with Crippen molar-refractivity contribution in [3.05, 3.63) is 0 Å². The molecule has 3 atom stereocenters. The van der Waals surface area contributed by atoms with Crippen LogP contribution in [0.3, 0.4) is 0 Å². The van der Waals surface area contributed by atoms with Gasteiger partial charge in [-0.25, -0.2) is 0 Å². The van der Waals surface area contributed by atoms with Gasteiger partial charge in [-0.1, -0.05) is 6.92 Å². The Kier molecular flexibility index (Phi) is 4.44. The Labute approximate surface area is 74.0 Å². The van der Waals surface area contributed by atoms with Crippen LogP contribution in [0, 0.1) is 0 Å². The van der Waals surface area contributed by atoms with Crippen molar-refractivity contribution < 1.29 is 10.2 Å². The van der Waals surface area contributed by atoms with E-state index in [0.717, 1.165) is 6.42 Å². The number of thiol groups is 1. The third kappa shape index (κ3) is 3.99. The highest BCUT2D eigenvalue weighted by Crippen LogP contribution is 2.25. The SMILES string of the molecule is CCC(C)(S)C(O)CC(C)O. The molecule has 11 heavy (non-hydrogen) atoms. The quantitative estimate of drug-likeness (QED) is 0.566. The van der Waals surface area contributed by atoms with Crippen LogP contribution >= 0.6 is 12.6 Å². The van der Waals surface area contributed by atoms with Crippen LogP contribution in [-0.2, 0) is 0 Å². The minimum atomic E-state index is -0.532. The zero-order valence-electron chi connectivity index (χ0n) is 7.41. The third-order valence-corrected chi connectivity index (χ3v) is 2.61. The van der Waals surface area contributed by atoms with Crippen molar-refractivity contribution in [2.24, 2.45) is 0 Å². The van der Waals surface area contributed by atoms with E-state index < -0.39 is 12.2 Å². The van der Waals surface area contributed by atoms with Gasteiger partial charge in [0.05, 0.1) is 12.2 Å². The second-order valence-electron chi connectivity index (χ2n) is 3.31.